The number of hydrogen-bond acceptors (Lipinski definition) is 6. The van der Waals surface area contributed by atoms with Gasteiger partial charge >= 0.3 is 11.4 Å². The van der Waals surface area contributed by atoms with Gasteiger partial charge in [0.05, 0.1) is 6.54 Å². The van der Waals surface area contributed by atoms with Gasteiger partial charge in [-0.25, -0.2) is 14.6 Å². The molecular weight excluding hydrogens is 486 g/mol. The maximum Gasteiger partial charge on any atom is 0.440 e. The molecule has 0 radical (unpaired) electrons. The lowest BCUT2D eigenvalue weighted by molar-refractivity contribution is -0.133. The van der Waals surface area contributed by atoms with Gasteiger partial charge in [0.2, 0.25) is 0 Å². The first-order chi connectivity index (χ1) is 18.1. The van der Waals surface area contributed by atoms with Gasteiger partial charge in [0.25, 0.3) is 5.91 Å². The molecule has 1 heterocycles. The van der Waals surface area contributed by atoms with Crippen LogP contribution in [0.1, 0.15) is 36.1 Å². The lowest BCUT2D eigenvalue weighted by Crippen LogP contribution is -2.45. The fraction of sp³-hybridized carbons (Fsp3) is 0.276. The van der Waals surface area contributed by atoms with Crippen molar-refractivity contribution in [1.82, 2.24) is 15.0 Å². The molecule has 0 saturated heterocycles. The lowest BCUT2D eigenvalue weighted by Gasteiger charge is -2.25. The van der Waals surface area contributed by atoms with Crippen LogP contribution >= 0.6 is 0 Å². The number of likely N-dealkylation sites (N-methyl/N-ethyl adjacent to an activating group) is 1. The fourth-order valence-corrected chi connectivity index (χ4v) is 4.21. The molecule has 9 heteroatoms. The Hall–Kier alpha value is -4.53. The van der Waals surface area contributed by atoms with E-state index in [1.807, 2.05) is 61.5 Å². The van der Waals surface area contributed by atoms with Gasteiger partial charge in [0.1, 0.15) is 18.1 Å². The second kappa shape index (κ2) is 10.8. The number of nitrogens with one attached hydrogen (secondary N) is 2. The summed E-state index contributed by atoms with van der Waals surface area (Å²) in [4.78, 5) is 36.9. The molecule has 0 bridgehead atoms. The van der Waals surface area contributed by atoms with Crippen LogP contribution in [0, 0.1) is 13.8 Å². The summed E-state index contributed by atoms with van der Waals surface area (Å²) in [5.41, 5.74) is 4.58. The van der Waals surface area contributed by atoms with Crippen molar-refractivity contribution in [3.05, 3.63) is 104 Å². The second-order valence-electron chi connectivity index (χ2n) is 9.54. The number of aromatic amines is 1. The number of aromatic nitrogens is 2. The monoisotopic (exact) mass is 517 g/mol. The molecule has 1 aromatic heterocycles. The van der Waals surface area contributed by atoms with Gasteiger partial charge in [0, 0.05) is 7.05 Å². The van der Waals surface area contributed by atoms with Gasteiger partial charge in [0.15, 0.2) is 5.60 Å². The van der Waals surface area contributed by atoms with Gasteiger partial charge in [-0.15, -0.1) is 4.74 Å². The first-order valence-corrected chi connectivity index (χ1v) is 12.2. The molecule has 0 fully saturated rings. The van der Waals surface area contributed by atoms with Crippen molar-refractivity contribution in [2.75, 3.05) is 7.05 Å². The number of carbonyl (C=O) groups is 1. The number of aryl methyl sites for hydroxylation is 1. The zero-order valence-corrected chi connectivity index (χ0v) is 22.1. The normalized spacial score (nSPS) is 11.3. The van der Waals surface area contributed by atoms with Crippen LogP contribution in [0.25, 0.3) is 11.1 Å². The molecule has 4 aromatic rings. The molecule has 2 N–H and O–H groups in total. The third-order valence-electron chi connectivity index (χ3n) is 6.35. The Labute approximate surface area is 220 Å². The van der Waals surface area contributed by atoms with Crippen LogP contribution in [0.2, 0.25) is 0 Å². The summed E-state index contributed by atoms with van der Waals surface area (Å²) in [6.07, 6.45) is 0. The molecule has 0 aliphatic carbocycles. The summed E-state index contributed by atoms with van der Waals surface area (Å²) in [5, 5.41) is 2.63. The zero-order valence-electron chi connectivity index (χ0n) is 22.1. The van der Waals surface area contributed by atoms with Crippen molar-refractivity contribution in [1.29, 1.82) is 0 Å². The predicted molar refractivity (Wildman–Crippen MR) is 144 cm³/mol. The Morgan fingerprint density at radius 1 is 1.00 bits per heavy atom. The van der Waals surface area contributed by atoms with Crippen molar-refractivity contribution < 1.29 is 18.8 Å². The summed E-state index contributed by atoms with van der Waals surface area (Å²) in [5.74, 6) is 0.334. The minimum Gasteiger partial charge on any atom is -0.489 e. The Kier molecular flexibility index (Phi) is 7.57. The molecule has 0 aliphatic heterocycles. The molecule has 1 amide bonds. The van der Waals surface area contributed by atoms with E-state index in [2.05, 4.69) is 23.3 Å². The third kappa shape index (κ3) is 5.88. The van der Waals surface area contributed by atoms with E-state index in [1.54, 1.807) is 20.9 Å². The quantitative estimate of drug-likeness (QED) is 0.347. The summed E-state index contributed by atoms with van der Waals surface area (Å²) in [7, 11) is 1.59. The fourth-order valence-electron chi connectivity index (χ4n) is 4.21. The van der Waals surface area contributed by atoms with Crippen LogP contribution in [-0.4, -0.2) is 28.3 Å². The van der Waals surface area contributed by atoms with Gasteiger partial charge in [-0.05, 0) is 85.3 Å². The number of hydrogen-bond donors (Lipinski definition) is 2. The summed E-state index contributed by atoms with van der Waals surface area (Å²) in [6, 6.07) is 19.2. The minimum absolute atomic E-state index is 0.144. The molecule has 38 heavy (non-hydrogen) atoms. The number of amides is 1. The van der Waals surface area contributed by atoms with E-state index in [0.717, 1.165) is 38.1 Å². The van der Waals surface area contributed by atoms with E-state index in [-0.39, 0.29) is 12.5 Å². The standard InChI is InChI=1S/C29H31N3O6/c1-18-15-23(37-29(3,4)26(33)30-5)13-14-24(18)25-8-6-7-21(19(25)2)17-36-22-11-9-20(10-12-22)16-32-27(34)31-28(35)38-32/h6-15H,16-17H2,1-5H3,(H,30,33)(H,31,34,35). The maximum absolute atomic E-state index is 12.1. The van der Waals surface area contributed by atoms with Crippen molar-refractivity contribution in [3.63, 3.8) is 0 Å². The first-order valence-electron chi connectivity index (χ1n) is 12.2. The predicted octanol–water partition coefficient (Wildman–Crippen LogP) is 3.94. The number of nitrogens with zero attached hydrogens (tertiary/aromatic N) is 1. The summed E-state index contributed by atoms with van der Waals surface area (Å²) >= 11 is 0. The average molecular weight is 518 g/mol. The lowest BCUT2D eigenvalue weighted by atomic mass is 9.93. The molecule has 0 spiro atoms. The molecular formula is C29H31N3O6. The smallest absolute Gasteiger partial charge is 0.440 e. The maximum atomic E-state index is 12.1. The second-order valence-corrected chi connectivity index (χ2v) is 9.54. The zero-order chi connectivity index (χ0) is 27.4. The molecule has 198 valence electrons. The van der Waals surface area contributed by atoms with Crippen LogP contribution in [0.4, 0.5) is 0 Å². The average Bonchev–Trinajstić information content (AvgIpc) is 3.20. The Morgan fingerprint density at radius 2 is 1.71 bits per heavy atom. The topological polar surface area (TPSA) is 116 Å². The Morgan fingerprint density at radius 3 is 2.34 bits per heavy atom. The summed E-state index contributed by atoms with van der Waals surface area (Å²) in [6.45, 7) is 8.08. The van der Waals surface area contributed by atoms with Crippen LogP contribution in [0.5, 0.6) is 11.5 Å². The highest BCUT2D eigenvalue weighted by Gasteiger charge is 2.29. The molecule has 0 unspecified atom stereocenters. The van der Waals surface area contributed by atoms with Gasteiger partial charge in [-0.3, -0.25) is 4.79 Å². The molecule has 0 atom stereocenters. The van der Waals surface area contributed by atoms with E-state index in [9.17, 15) is 14.4 Å². The highest BCUT2D eigenvalue weighted by Crippen LogP contribution is 2.32. The van der Waals surface area contributed by atoms with E-state index in [0.29, 0.717) is 18.1 Å². The number of rotatable bonds is 9. The summed E-state index contributed by atoms with van der Waals surface area (Å²) < 4.78 is 17.7. The first kappa shape index (κ1) is 26.5. The van der Waals surface area contributed by atoms with Crippen LogP contribution in [0.15, 0.2) is 74.8 Å². The van der Waals surface area contributed by atoms with Crippen LogP contribution in [0.3, 0.4) is 0 Å². The van der Waals surface area contributed by atoms with E-state index in [4.69, 9.17) is 14.0 Å². The third-order valence-corrected chi connectivity index (χ3v) is 6.35. The Balaban J connectivity index is 1.46. The van der Waals surface area contributed by atoms with Crippen molar-refractivity contribution in [3.8, 4) is 22.6 Å². The SMILES string of the molecule is CNC(=O)C(C)(C)Oc1ccc(-c2cccc(COc3ccc(Cn4oc(=O)[nH]c4=O)cc3)c2C)c(C)c1. The van der Waals surface area contributed by atoms with Crippen molar-refractivity contribution in [2.24, 2.45) is 0 Å². The largest absolute Gasteiger partial charge is 0.489 e. The van der Waals surface area contributed by atoms with Gasteiger partial charge in [-0.1, -0.05) is 36.4 Å². The molecule has 0 saturated carbocycles. The highest BCUT2D eigenvalue weighted by atomic mass is 16.5. The molecule has 4 rings (SSSR count). The van der Waals surface area contributed by atoms with Crippen LogP contribution in [-0.2, 0) is 17.9 Å². The van der Waals surface area contributed by atoms with Crippen molar-refractivity contribution in [2.45, 2.75) is 46.4 Å². The molecule has 3 aromatic carbocycles. The van der Waals surface area contributed by atoms with Gasteiger partial charge < -0.3 is 19.3 Å². The minimum atomic E-state index is -0.982. The molecule has 9 nitrogen and oxygen atoms in total. The van der Waals surface area contributed by atoms with Crippen LogP contribution < -0.4 is 26.2 Å². The number of H-pyrrole nitrogens is 1. The van der Waals surface area contributed by atoms with E-state index >= 15 is 0 Å². The van der Waals surface area contributed by atoms with Gasteiger partial charge in [-0.2, -0.15) is 0 Å². The van der Waals surface area contributed by atoms with Crippen molar-refractivity contribution >= 4 is 5.91 Å². The number of ether oxygens (including phenoxy) is 2. The molecule has 0 aliphatic rings. The Bertz CT molecular complexity index is 1560. The van der Waals surface area contributed by atoms with E-state index < -0.39 is 17.0 Å². The number of carbonyl (C=O) groups excluding carboxylic acids is 1. The highest BCUT2D eigenvalue weighted by molar-refractivity contribution is 5.84. The number of benzene rings is 3. The van der Waals surface area contributed by atoms with E-state index in [1.165, 1.54) is 0 Å².